The van der Waals surface area contributed by atoms with Crippen molar-refractivity contribution in [1.29, 1.82) is 0 Å². The van der Waals surface area contributed by atoms with Gasteiger partial charge in [-0.25, -0.2) is 4.98 Å². The molecule has 2 rings (SSSR count). The van der Waals surface area contributed by atoms with E-state index in [-0.39, 0.29) is 24.3 Å². The van der Waals surface area contributed by atoms with E-state index in [9.17, 15) is 24.3 Å². The molecule has 1 aromatic heterocycles. The van der Waals surface area contributed by atoms with Crippen molar-refractivity contribution in [1.82, 2.24) is 25.9 Å². The largest absolute Gasteiger partial charge is 0.508 e. The van der Waals surface area contributed by atoms with Crippen LogP contribution in [0.25, 0.3) is 0 Å². The third-order valence-electron chi connectivity index (χ3n) is 4.89. The highest BCUT2D eigenvalue weighted by atomic mass is 32.1. The number of nitrogens with one attached hydrogen (secondary N) is 4. The van der Waals surface area contributed by atoms with Gasteiger partial charge in [-0.3, -0.25) is 19.2 Å². The Kier molecular flexibility index (Phi) is 9.89. The lowest BCUT2D eigenvalue weighted by Gasteiger charge is -2.23. The van der Waals surface area contributed by atoms with Gasteiger partial charge in [-0.1, -0.05) is 12.1 Å². The molecule has 1 aromatic carbocycles. The number of benzene rings is 1. The molecule has 13 heteroatoms. The first-order valence-corrected chi connectivity index (χ1v) is 11.0. The molecular weight excluding hydrogens is 464 g/mol. The fourth-order valence-electron chi connectivity index (χ4n) is 2.93. The number of phenolic OH excluding ortho intramolecular Hbond substituents is 1. The molecule has 1 heterocycles. The third kappa shape index (κ3) is 8.08. The molecule has 2 aromatic rings. The molecule has 0 radical (unpaired) electrons. The summed E-state index contributed by atoms with van der Waals surface area (Å²) in [6.45, 7) is 1.29. The van der Waals surface area contributed by atoms with Gasteiger partial charge in [0.1, 0.15) is 23.9 Å². The molecule has 12 nitrogen and oxygen atoms in total. The number of nitrogens with two attached hydrogens (primary N) is 1. The third-order valence-corrected chi connectivity index (χ3v) is 5.25. The first-order valence-electron chi connectivity index (χ1n) is 10.4. The zero-order valence-corrected chi connectivity index (χ0v) is 19.3. The number of amides is 3. The van der Waals surface area contributed by atoms with Crippen LogP contribution in [0.4, 0.5) is 0 Å². The van der Waals surface area contributed by atoms with E-state index in [1.807, 2.05) is 0 Å². The normalized spacial score (nSPS) is 14.3. The summed E-state index contributed by atoms with van der Waals surface area (Å²) >= 11 is 4.12. The predicted molar refractivity (Wildman–Crippen MR) is 125 cm³/mol. The molecule has 3 amide bonds. The molecule has 0 saturated carbocycles. The van der Waals surface area contributed by atoms with E-state index in [0.717, 1.165) is 5.56 Å². The van der Waals surface area contributed by atoms with Gasteiger partial charge in [0.2, 0.25) is 17.7 Å². The maximum absolute atomic E-state index is 12.8. The molecule has 4 unspecified atom stereocenters. The van der Waals surface area contributed by atoms with Crippen LogP contribution in [-0.4, -0.2) is 73.8 Å². The van der Waals surface area contributed by atoms with Gasteiger partial charge in [-0.05, 0) is 31.0 Å². The standard InChI is InChI=1S/C21H28N6O6S/c1-11(21(32)33)25-19(30)16(7-13-8-23-10-24-13)26-20(31)17(9-34)27-18(29)15(22)6-12-2-4-14(28)5-3-12/h2-5,8,10-11,15-17,28,34H,6-7,9,22H2,1H3,(H,23,24)(H,25,30)(H,26,31)(H,27,29)(H,32,33). The number of carboxylic acid groups (broad SMARTS) is 1. The number of hydrogen-bond acceptors (Lipinski definition) is 8. The molecule has 34 heavy (non-hydrogen) atoms. The number of rotatable bonds is 12. The second-order valence-electron chi connectivity index (χ2n) is 7.63. The van der Waals surface area contributed by atoms with Crippen LogP contribution >= 0.6 is 12.6 Å². The highest BCUT2D eigenvalue weighted by molar-refractivity contribution is 7.80. The molecule has 0 fully saturated rings. The van der Waals surface area contributed by atoms with Gasteiger partial charge in [-0.2, -0.15) is 12.6 Å². The number of hydrogen-bond donors (Lipinski definition) is 8. The Hall–Kier alpha value is -3.58. The summed E-state index contributed by atoms with van der Waals surface area (Å²) in [5.74, 6) is -3.23. The fourth-order valence-corrected chi connectivity index (χ4v) is 3.18. The lowest BCUT2D eigenvalue weighted by molar-refractivity contribution is -0.141. The Morgan fingerprint density at radius 3 is 2.21 bits per heavy atom. The van der Waals surface area contributed by atoms with Crippen LogP contribution in [0.3, 0.4) is 0 Å². The fraction of sp³-hybridized carbons (Fsp3) is 0.381. The lowest BCUT2D eigenvalue weighted by atomic mass is 10.1. The number of aromatic hydroxyl groups is 1. The van der Waals surface area contributed by atoms with Gasteiger partial charge < -0.3 is 36.9 Å². The highest BCUT2D eigenvalue weighted by Gasteiger charge is 2.29. The van der Waals surface area contributed by atoms with E-state index < -0.39 is 47.9 Å². The van der Waals surface area contributed by atoms with Crippen molar-refractivity contribution in [3.63, 3.8) is 0 Å². The Bertz CT molecular complexity index is 984. The van der Waals surface area contributed by atoms with E-state index in [2.05, 4.69) is 38.5 Å². The number of thiol groups is 1. The maximum Gasteiger partial charge on any atom is 0.325 e. The smallest absolute Gasteiger partial charge is 0.325 e. The van der Waals surface area contributed by atoms with Crippen LogP contribution in [0, 0.1) is 0 Å². The first kappa shape index (κ1) is 26.7. The number of carboxylic acids is 1. The molecule has 0 aliphatic heterocycles. The molecule has 4 atom stereocenters. The molecule has 0 bridgehead atoms. The van der Waals surface area contributed by atoms with Crippen molar-refractivity contribution >= 4 is 36.3 Å². The summed E-state index contributed by atoms with van der Waals surface area (Å²) in [7, 11) is 0. The number of aliphatic carboxylic acids is 1. The van der Waals surface area contributed by atoms with Crippen LogP contribution in [0.1, 0.15) is 18.2 Å². The van der Waals surface area contributed by atoms with Gasteiger partial charge in [0.15, 0.2) is 0 Å². The molecule has 8 N–H and O–H groups in total. The molecular formula is C21H28N6O6S. The topological polar surface area (TPSA) is 200 Å². The Labute approximate surface area is 201 Å². The SMILES string of the molecule is CC(NC(=O)C(Cc1cnc[nH]1)NC(=O)C(CS)NC(=O)C(N)Cc1ccc(O)cc1)C(=O)O. The van der Waals surface area contributed by atoms with Crippen molar-refractivity contribution < 1.29 is 29.4 Å². The summed E-state index contributed by atoms with van der Waals surface area (Å²) in [6.07, 6.45) is 3.05. The first-order chi connectivity index (χ1) is 16.1. The number of phenols is 1. The minimum absolute atomic E-state index is 0.0114. The van der Waals surface area contributed by atoms with Gasteiger partial charge in [0, 0.05) is 24.1 Å². The number of carbonyl (C=O) groups excluding carboxylic acids is 3. The zero-order valence-electron chi connectivity index (χ0n) is 18.4. The number of aromatic amines is 1. The van der Waals surface area contributed by atoms with Crippen LogP contribution in [0.15, 0.2) is 36.8 Å². The van der Waals surface area contributed by atoms with E-state index in [1.54, 1.807) is 12.1 Å². The molecule has 0 spiro atoms. The Morgan fingerprint density at radius 1 is 1.03 bits per heavy atom. The molecule has 0 aliphatic carbocycles. The Balaban J connectivity index is 2.03. The second kappa shape index (κ2) is 12.6. The average Bonchev–Trinajstić information content (AvgIpc) is 3.31. The predicted octanol–water partition coefficient (Wildman–Crippen LogP) is -1.28. The average molecular weight is 493 g/mol. The number of carbonyl (C=O) groups is 4. The van der Waals surface area contributed by atoms with Crippen molar-refractivity contribution in [3.8, 4) is 5.75 Å². The second-order valence-corrected chi connectivity index (χ2v) is 8.00. The van der Waals surface area contributed by atoms with Gasteiger partial charge in [0.25, 0.3) is 0 Å². The number of aromatic nitrogens is 2. The summed E-state index contributed by atoms with van der Waals surface area (Å²) < 4.78 is 0. The lowest BCUT2D eigenvalue weighted by Crippen LogP contribution is -2.58. The number of nitrogens with zero attached hydrogens (tertiary/aromatic N) is 1. The zero-order chi connectivity index (χ0) is 25.3. The quantitative estimate of drug-likeness (QED) is 0.167. The van der Waals surface area contributed by atoms with Crippen LogP contribution in [0.2, 0.25) is 0 Å². The molecule has 0 saturated heterocycles. The minimum Gasteiger partial charge on any atom is -0.508 e. The maximum atomic E-state index is 12.8. The molecule has 184 valence electrons. The van der Waals surface area contributed by atoms with E-state index in [4.69, 9.17) is 10.8 Å². The summed E-state index contributed by atoms with van der Waals surface area (Å²) in [4.78, 5) is 55.7. The monoisotopic (exact) mass is 492 g/mol. The van der Waals surface area contributed by atoms with Crippen molar-refractivity contribution in [3.05, 3.63) is 48.0 Å². The van der Waals surface area contributed by atoms with Crippen molar-refractivity contribution in [2.75, 3.05) is 5.75 Å². The minimum atomic E-state index is -1.23. The highest BCUT2D eigenvalue weighted by Crippen LogP contribution is 2.11. The summed E-state index contributed by atoms with van der Waals surface area (Å²) in [5.41, 5.74) is 7.20. The summed E-state index contributed by atoms with van der Waals surface area (Å²) in [5, 5.41) is 25.8. The van der Waals surface area contributed by atoms with E-state index in [1.165, 1.54) is 31.6 Å². The number of imidazole rings is 1. The van der Waals surface area contributed by atoms with Crippen LogP contribution in [-0.2, 0) is 32.0 Å². The van der Waals surface area contributed by atoms with Gasteiger partial charge >= 0.3 is 5.97 Å². The molecule has 0 aliphatic rings. The Morgan fingerprint density at radius 2 is 1.65 bits per heavy atom. The van der Waals surface area contributed by atoms with Crippen molar-refractivity contribution in [2.45, 2.75) is 43.9 Å². The summed E-state index contributed by atoms with van der Waals surface area (Å²) in [6, 6.07) is 1.81. The van der Waals surface area contributed by atoms with Crippen LogP contribution < -0.4 is 21.7 Å². The van der Waals surface area contributed by atoms with Gasteiger partial charge in [-0.15, -0.1) is 0 Å². The number of H-pyrrole nitrogens is 1. The van der Waals surface area contributed by atoms with Crippen molar-refractivity contribution in [2.24, 2.45) is 5.73 Å². The van der Waals surface area contributed by atoms with E-state index in [0.29, 0.717) is 5.69 Å². The van der Waals surface area contributed by atoms with E-state index >= 15 is 0 Å². The van der Waals surface area contributed by atoms with Crippen LogP contribution in [0.5, 0.6) is 5.75 Å². The van der Waals surface area contributed by atoms with Gasteiger partial charge in [0.05, 0.1) is 12.4 Å².